The molecule has 0 radical (unpaired) electrons. The number of rotatable bonds is 0. The Morgan fingerprint density at radius 2 is 2.30 bits per heavy atom. The van der Waals surface area contributed by atoms with Crippen LogP contribution in [0, 0.1) is 11.3 Å². The number of fused-ring (bicyclic) bond motifs is 2. The largest absolute Gasteiger partial charge is 0.297 e. The molecule has 2 bridgehead atoms. The van der Waals surface area contributed by atoms with Gasteiger partial charge in [-0.2, -0.15) is 5.26 Å². The summed E-state index contributed by atoms with van der Waals surface area (Å²) in [5.41, 5.74) is -0.108. The molecule has 0 aromatic rings. The van der Waals surface area contributed by atoms with Crippen LogP contribution in [0.1, 0.15) is 32.1 Å². The van der Waals surface area contributed by atoms with Crippen LogP contribution < -0.4 is 5.32 Å². The molecule has 0 aromatic heterocycles. The minimum atomic E-state index is -0.108. The highest BCUT2D eigenvalue weighted by Gasteiger charge is 2.41. The third-order valence-electron chi connectivity index (χ3n) is 2.77. The van der Waals surface area contributed by atoms with Crippen LogP contribution in [0.3, 0.4) is 0 Å². The zero-order valence-corrected chi connectivity index (χ0v) is 6.06. The summed E-state index contributed by atoms with van der Waals surface area (Å²) in [6.07, 6.45) is 5.89. The Balaban J connectivity index is 2.19. The van der Waals surface area contributed by atoms with Crippen LogP contribution in [0.2, 0.25) is 0 Å². The molecule has 0 spiro atoms. The van der Waals surface area contributed by atoms with E-state index in [4.69, 9.17) is 5.26 Å². The van der Waals surface area contributed by atoms with Crippen LogP contribution in [0.15, 0.2) is 0 Å². The van der Waals surface area contributed by atoms with Crippen LogP contribution in [-0.4, -0.2) is 11.6 Å². The third kappa shape index (κ3) is 0.741. The van der Waals surface area contributed by atoms with Crippen molar-refractivity contribution in [2.24, 2.45) is 0 Å². The summed E-state index contributed by atoms with van der Waals surface area (Å²) in [7, 11) is 0. The molecule has 2 atom stereocenters. The minimum Gasteiger partial charge on any atom is -0.297 e. The van der Waals surface area contributed by atoms with Crippen LogP contribution in [0.25, 0.3) is 0 Å². The molecule has 2 nitrogen and oxygen atoms in total. The van der Waals surface area contributed by atoms with E-state index in [0.29, 0.717) is 6.04 Å². The van der Waals surface area contributed by atoms with Crippen molar-refractivity contribution < 1.29 is 0 Å². The van der Waals surface area contributed by atoms with Gasteiger partial charge in [0.15, 0.2) is 0 Å². The van der Waals surface area contributed by atoms with Crippen molar-refractivity contribution in [1.29, 1.82) is 5.26 Å². The Morgan fingerprint density at radius 1 is 1.40 bits per heavy atom. The number of piperidine rings is 1. The van der Waals surface area contributed by atoms with Gasteiger partial charge in [0.25, 0.3) is 0 Å². The van der Waals surface area contributed by atoms with E-state index in [1.807, 2.05) is 0 Å². The van der Waals surface area contributed by atoms with Gasteiger partial charge in [0, 0.05) is 6.04 Å². The van der Waals surface area contributed by atoms with E-state index in [9.17, 15) is 0 Å². The monoisotopic (exact) mass is 136 g/mol. The molecule has 2 heteroatoms. The van der Waals surface area contributed by atoms with E-state index < -0.39 is 0 Å². The molecule has 2 saturated heterocycles. The van der Waals surface area contributed by atoms with Gasteiger partial charge in [-0.25, -0.2) is 0 Å². The van der Waals surface area contributed by atoms with Crippen LogP contribution in [-0.2, 0) is 0 Å². The van der Waals surface area contributed by atoms with Crippen molar-refractivity contribution in [3.8, 4) is 6.07 Å². The summed E-state index contributed by atoms with van der Waals surface area (Å²) in [4.78, 5) is 0. The van der Waals surface area contributed by atoms with Gasteiger partial charge in [0.2, 0.25) is 0 Å². The Morgan fingerprint density at radius 3 is 3.00 bits per heavy atom. The fourth-order valence-electron chi connectivity index (χ4n) is 2.16. The van der Waals surface area contributed by atoms with Gasteiger partial charge in [-0.05, 0) is 32.1 Å². The van der Waals surface area contributed by atoms with Gasteiger partial charge >= 0.3 is 0 Å². The molecular formula is C8H12N2. The highest BCUT2D eigenvalue weighted by Crippen LogP contribution is 2.34. The second-order valence-corrected chi connectivity index (χ2v) is 3.47. The first kappa shape index (κ1) is 6.18. The number of nitrogens with one attached hydrogen (secondary N) is 1. The summed E-state index contributed by atoms with van der Waals surface area (Å²) in [6, 6.07) is 3.06. The van der Waals surface area contributed by atoms with Gasteiger partial charge in [-0.1, -0.05) is 0 Å². The zero-order valence-electron chi connectivity index (χ0n) is 6.06. The highest BCUT2D eigenvalue weighted by atomic mass is 15.0. The SMILES string of the molecule is N#CC12CCCC(CC1)N2. The lowest BCUT2D eigenvalue weighted by atomic mass is 9.92. The molecule has 54 valence electrons. The first-order chi connectivity index (χ1) is 4.85. The lowest BCUT2D eigenvalue weighted by molar-refractivity contribution is 0.341. The minimum absolute atomic E-state index is 0.108. The Hall–Kier alpha value is -0.550. The fourth-order valence-corrected chi connectivity index (χ4v) is 2.16. The quantitative estimate of drug-likeness (QED) is 0.543. The lowest BCUT2D eigenvalue weighted by Gasteiger charge is -2.27. The summed E-state index contributed by atoms with van der Waals surface area (Å²) >= 11 is 0. The van der Waals surface area contributed by atoms with Crippen molar-refractivity contribution in [2.75, 3.05) is 0 Å². The molecule has 2 fully saturated rings. The van der Waals surface area contributed by atoms with E-state index in [1.165, 1.54) is 19.3 Å². The number of hydrogen-bond acceptors (Lipinski definition) is 2. The average molecular weight is 136 g/mol. The molecule has 0 aromatic carbocycles. The zero-order chi connectivity index (χ0) is 7.03. The van der Waals surface area contributed by atoms with Gasteiger partial charge < -0.3 is 0 Å². The van der Waals surface area contributed by atoms with E-state index in [1.54, 1.807) is 0 Å². The highest BCUT2D eigenvalue weighted by molar-refractivity contribution is 5.14. The summed E-state index contributed by atoms with van der Waals surface area (Å²) < 4.78 is 0. The first-order valence-electron chi connectivity index (χ1n) is 4.04. The first-order valence-corrected chi connectivity index (χ1v) is 4.04. The van der Waals surface area contributed by atoms with Crippen LogP contribution in [0.4, 0.5) is 0 Å². The van der Waals surface area contributed by atoms with Crippen molar-refractivity contribution in [1.82, 2.24) is 5.32 Å². The molecule has 2 aliphatic rings. The Kier molecular flexibility index (Phi) is 1.21. The number of nitrogens with zero attached hydrogens (tertiary/aromatic N) is 1. The topological polar surface area (TPSA) is 35.8 Å². The van der Waals surface area contributed by atoms with Crippen LogP contribution >= 0.6 is 0 Å². The molecule has 0 aliphatic carbocycles. The van der Waals surface area contributed by atoms with Crippen molar-refractivity contribution in [3.05, 3.63) is 0 Å². The standard InChI is InChI=1S/C8H12N2/c9-6-8-4-1-2-7(10-8)3-5-8/h7,10H,1-5H2. The van der Waals surface area contributed by atoms with Crippen LogP contribution in [0.5, 0.6) is 0 Å². The molecule has 0 saturated carbocycles. The molecule has 1 N–H and O–H groups in total. The normalized spacial score (nSPS) is 44.9. The predicted octanol–water partition coefficient (Wildman–Crippen LogP) is 1.18. The summed E-state index contributed by atoms with van der Waals surface area (Å²) in [5, 5.41) is 12.2. The predicted molar refractivity (Wildman–Crippen MR) is 38.4 cm³/mol. The van der Waals surface area contributed by atoms with Gasteiger partial charge in [-0.15, -0.1) is 0 Å². The maximum atomic E-state index is 8.86. The summed E-state index contributed by atoms with van der Waals surface area (Å²) in [5.74, 6) is 0. The van der Waals surface area contributed by atoms with E-state index in [-0.39, 0.29) is 5.54 Å². The van der Waals surface area contributed by atoms with Crippen molar-refractivity contribution in [2.45, 2.75) is 43.7 Å². The fraction of sp³-hybridized carbons (Fsp3) is 0.875. The third-order valence-corrected chi connectivity index (χ3v) is 2.77. The maximum absolute atomic E-state index is 8.86. The van der Waals surface area contributed by atoms with E-state index >= 15 is 0 Å². The lowest BCUT2D eigenvalue weighted by Crippen LogP contribution is -2.45. The maximum Gasteiger partial charge on any atom is 0.107 e. The Labute approximate surface area is 61.2 Å². The molecule has 2 aliphatic heterocycles. The van der Waals surface area contributed by atoms with Gasteiger partial charge in [0.05, 0.1) is 6.07 Å². The Bertz CT molecular complexity index is 178. The second kappa shape index (κ2) is 1.96. The molecule has 10 heavy (non-hydrogen) atoms. The molecule has 2 unspecified atom stereocenters. The molecule has 2 heterocycles. The van der Waals surface area contributed by atoms with Crippen molar-refractivity contribution in [3.63, 3.8) is 0 Å². The smallest absolute Gasteiger partial charge is 0.107 e. The van der Waals surface area contributed by atoms with Crippen molar-refractivity contribution >= 4 is 0 Å². The number of nitriles is 1. The average Bonchev–Trinajstić information content (AvgIpc) is 2.29. The van der Waals surface area contributed by atoms with E-state index in [0.717, 1.165) is 12.8 Å². The van der Waals surface area contributed by atoms with Gasteiger partial charge in [0.1, 0.15) is 5.54 Å². The van der Waals surface area contributed by atoms with E-state index in [2.05, 4.69) is 11.4 Å². The summed E-state index contributed by atoms with van der Waals surface area (Å²) in [6.45, 7) is 0. The molecule has 0 amide bonds. The molecular weight excluding hydrogens is 124 g/mol. The number of hydrogen-bond donors (Lipinski definition) is 1. The second-order valence-electron chi connectivity index (χ2n) is 3.47. The molecule has 2 rings (SSSR count). The van der Waals surface area contributed by atoms with Gasteiger partial charge in [-0.3, -0.25) is 5.32 Å².